The molecule has 0 aliphatic carbocycles. The highest BCUT2D eigenvalue weighted by atomic mass is 35.5. The van der Waals surface area contributed by atoms with E-state index in [2.05, 4.69) is 25.6 Å². The molecular weight excluding hydrogens is 316 g/mol. The highest BCUT2D eigenvalue weighted by Gasteiger charge is 2.10. The van der Waals surface area contributed by atoms with Crippen LogP contribution in [0.2, 0.25) is 5.15 Å². The van der Waals surface area contributed by atoms with Gasteiger partial charge in [-0.2, -0.15) is 5.10 Å². The molecule has 3 aromatic rings. The van der Waals surface area contributed by atoms with Crippen molar-refractivity contribution in [3.63, 3.8) is 0 Å². The highest BCUT2D eigenvalue weighted by Crippen LogP contribution is 2.12. The van der Waals surface area contributed by atoms with Gasteiger partial charge in [0.25, 0.3) is 5.91 Å². The van der Waals surface area contributed by atoms with Crippen LogP contribution >= 0.6 is 11.6 Å². The lowest BCUT2D eigenvalue weighted by Gasteiger charge is -2.06. The Labute approximate surface area is 137 Å². The molecule has 0 atom stereocenters. The predicted molar refractivity (Wildman–Crippen MR) is 85.8 cm³/mol. The van der Waals surface area contributed by atoms with Crippen LogP contribution in [-0.2, 0) is 0 Å². The van der Waals surface area contributed by atoms with Crippen LogP contribution in [0.15, 0.2) is 36.5 Å². The minimum atomic E-state index is -0.325. The molecule has 1 amide bonds. The van der Waals surface area contributed by atoms with E-state index in [0.717, 1.165) is 11.4 Å². The van der Waals surface area contributed by atoms with Gasteiger partial charge in [-0.1, -0.05) is 11.6 Å². The summed E-state index contributed by atoms with van der Waals surface area (Å²) >= 11 is 5.65. The number of halogens is 1. The van der Waals surface area contributed by atoms with E-state index >= 15 is 0 Å². The molecule has 0 fully saturated rings. The minimum absolute atomic E-state index is 0.263. The Morgan fingerprint density at radius 2 is 2.00 bits per heavy atom. The zero-order valence-electron chi connectivity index (χ0n) is 12.5. The molecule has 0 aromatic carbocycles. The van der Waals surface area contributed by atoms with Gasteiger partial charge in [0, 0.05) is 11.9 Å². The third-order valence-corrected chi connectivity index (χ3v) is 3.31. The second-order valence-corrected chi connectivity index (χ2v) is 5.33. The fraction of sp³-hybridized carbons (Fsp3) is 0.133. The third-order valence-electron chi connectivity index (χ3n) is 3.11. The summed E-state index contributed by atoms with van der Waals surface area (Å²) in [5, 5.41) is 14.7. The zero-order chi connectivity index (χ0) is 16.4. The number of carbonyl (C=O) groups is 1. The van der Waals surface area contributed by atoms with E-state index in [4.69, 9.17) is 11.6 Å². The largest absolute Gasteiger partial charge is 0.305 e. The second kappa shape index (κ2) is 6.13. The molecule has 3 heterocycles. The lowest BCUT2D eigenvalue weighted by molar-refractivity contribution is 0.102. The first-order valence-electron chi connectivity index (χ1n) is 6.83. The first kappa shape index (κ1) is 15.1. The number of aromatic nitrogens is 5. The minimum Gasteiger partial charge on any atom is -0.305 e. The van der Waals surface area contributed by atoms with Gasteiger partial charge in [0.05, 0.1) is 11.3 Å². The van der Waals surface area contributed by atoms with E-state index in [0.29, 0.717) is 17.2 Å². The van der Waals surface area contributed by atoms with Gasteiger partial charge >= 0.3 is 0 Å². The Morgan fingerprint density at radius 1 is 1.17 bits per heavy atom. The molecule has 7 nitrogen and oxygen atoms in total. The molecule has 116 valence electrons. The van der Waals surface area contributed by atoms with Gasteiger partial charge in [0.15, 0.2) is 16.8 Å². The van der Waals surface area contributed by atoms with Crippen LogP contribution in [0.25, 0.3) is 5.82 Å². The van der Waals surface area contributed by atoms with Crippen LogP contribution in [0, 0.1) is 13.8 Å². The zero-order valence-corrected chi connectivity index (χ0v) is 13.2. The SMILES string of the molecule is Cc1cc(C)n(-c2ccc(C(=O)Nc3ccc(Cl)nn3)cn2)n1. The topological polar surface area (TPSA) is 85.6 Å². The van der Waals surface area contributed by atoms with E-state index in [1.54, 1.807) is 28.9 Å². The van der Waals surface area contributed by atoms with Crippen molar-refractivity contribution in [1.82, 2.24) is 25.0 Å². The van der Waals surface area contributed by atoms with Crippen molar-refractivity contribution in [3.8, 4) is 5.82 Å². The normalized spacial score (nSPS) is 10.6. The molecule has 0 aliphatic heterocycles. The number of nitrogens with zero attached hydrogens (tertiary/aromatic N) is 5. The summed E-state index contributed by atoms with van der Waals surface area (Å²) in [5.74, 6) is 0.648. The van der Waals surface area contributed by atoms with Crippen LogP contribution in [0.3, 0.4) is 0 Å². The average molecular weight is 329 g/mol. The Kier molecular flexibility index (Phi) is 4.03. The number of hydrogen-bond donors (Lipinski definition) is 1. The fourth-order valence-corrected chi connectivity index (χ4v) is 2.18. The van der Waals surface area contributed by atoms with E-state index in [1.807, 2.05) is 19.9 Å². The Balaban J connectivity index is 1.77. The standard InChI is InChI=1S/C15H13ClN6O/c1-9-7-10(2)22(21-9)14-6-3-11(8-17-14)15(23)18-13-5-4-12(16)19-20-13/h3-8H,1-2H3,(H,18,20,23). The van der Waals surface area contributed by atoms with Crippen molar-refractivity contribution in [2.45, 2.75) is 13.8 Å². The molecular formula is C15H13ClN6O. The van der Waals surface area contributed by atoms with Crippen molar-refractivity contribution < 1.29 is 4.79 Å². The van der Waals surface area contributed by atoms with Gasteiger partial charge in [-0.15, -0.1) is 10.2 Å². The smallest absolute Gasteiger partial charge is 0.258 e. The number of nitrogens with one attached hydrogen (secondary N) is 1. The van der Waals surface area contributed by atoms with Gasteiger partial charge in [-0.3, -0.25) is 4.79 Å². The van der Waals surface area contributed by atoms with Crippen molar-refractivity contribution in [3.05, 3.63) is 58.6 Å². The average Bonchev–Trinajstić information content (AvgIpc) is 2.88. The van der Waals surface area contributed by atoms with Crippen molar-refractivity contribution in [2.24, 2.45) is 0 Å². The highest BCUT2D eigenvalue weighted by molar-refractivity contribution is 6.29. The van der Waals surface area contributed by atoms with Crippen LogP contribution in [0.5, 0.6) is 0 Å². The molecule has 0 saturated heterocycles. The van der Waals surface area contributed by atoms with Gasteiger partial charge < -0.3 is 5.32 Å². The first-order chi connectivity index (χ1) is 11.0. The van der Waals surface area contributed by atoms with Gasteiger partial charge in [-0.05, 0) is 44.2 Å². The summed E-state index contributed by atoms with van der Waals surface area (Å²) in [5.41, 5.74) is 2.29. The fourth-order valence-electron chi connectivity index (χ4n) is 2.08. The van der Waals surface area contributed by atoms with Crippen LogP contribution in [0.4, 0.5) is 5.82 Å². The lowest BCUT2D eigenvalue weighted by atomic mass is 10.2. The molecule has 3 aromatic heterocycles. The van der Waals surface area contributed by atoms with Crippen LogP contribution in [0.1, 0.15) is 21.7 Å². The Hall–Kier alpha value is -2.80. The maximum atomic E-state index is 12.1. The summed E-state index contributed by atoms with van der Waals surface area (Å²) in [7, 11) is 0. The number of aryl methyl sites for hydroxylation is 2. The second-order valence-electron chi connectivity index (χ2n) is 4.94. The van der Waals surface area contributed by atoms with Gasteiger partial charge in [0.2, 0.25) is 0 Å². The van der Waals surface area contributed by atoms with Crippen molar-refractivity contribution >= 4 is 23.3 Å². The lowest BCUT2D eigenvalue weighted by Crippen LogP contribution is -2.14. The van der Waals surface area contributed by atoms with E-state index < -0.39 is 0 Å². The number of carbonyl (C=O) groups excluding carboxylic acids is 1. The predicted octanol–water partition coefficient (Wildman–Crippen LogP) is 2.58. The maximum absolute atomic E-state index is 12.1. The molecule has 0 bridgehead atoms. The molecule has 0 radical (unpaired) electrons. The monoisotopic (exact) mass is 328 g/mol. The van der Waals surface area contributed by atoms with E-state index in [9.17, 15) is 4.79 Å². The molecule has 0 saturated carbocycles. The quantitative estimate of drug-likeness (QED) is 0.798. The maximum Gasteiger partial charge on any atom is 0.258 e. The summed E-state index contributed by atoms with van der Waals surface area (Å²) in [6, 6.07) is 8.50. The third kappa shape index (κ3) is 3.35. The molecule has 0 unspecified atom stereocenters. The summed E-state index contributed by atoms with van der Waals surface area (Å²) in [6.45, 7) is 3.86. The molecule has 0 spiro atoms. The number of pyridine rings is 1. The van der Waals surface area contributed by atoms with Crippen molar-refractivity contribution in [1.29, 1.82) is 0 Å². The number of hydrogen-bond acceptors (Lipinski definition) is 5. The van der Waals surface area contributed by atoms with Crippen LogP contribution in [-0.4, -0.2) is 30.9 Å². The Bertz CT molecular complexity index is 841. The number of anilines is 1. The van der Waals surface area contributed by atoms with E-state index in [1.165, 1.54) is 6.20 Å². The van der Waals surface area contributed by atoms with Crippen molar-refractivity contribution in [2.75, 3.05) is 5.32 Å². The molecule has 8 heteroatoms. The van der Waals surface area contributed by atoms with Gasteiger partial charge in [0.1, 0.15) is 0 Å². The molecule has 23 heavy (non-hydrogen) atoms. The first-order valence-corrected chi connectivity index (χ1v) is 7.21. The van der Waals surface area contributed by atoms with Crippen LogP contribution < -0.4 is 5.32 Å². The van der Waals surface area contributed by atoms with Gasteiger partial charge in [-0.25, -0.2) is 9.67 Å². The van der Waals surface area contributed by atoms with E-state index in [-0.39, 0.29) is 11.1 Å². The summed E-state index contributed by atoms with van der Waals surface area (Å²) in [6.07, 6.45) is 1.49. The molecule has 1 N–H and O–H groups in total. The number of rotatable bonds is 3. The molecule has 0 aliphatic rings. The Morgan fingerprint density at radius 3 is 2.57 bits per heavy atom. The summed E-state index contributed by atoms with van der Waals surface area (Å²) in [4.78, 5) is 16.4. The molecule has 3 rings (SSSR count). The summed E-state index contributed by atoms with van der Waals surface area (Å²) < 4.78 is 1.72. The number of amides is 1.